The normalized spacial score (nSPS) is 27.3. The Balaban J connectivity index is 1.69. The van der Waals surface area contributed by atoms with Crippen molar-refractivity contribution in [3.8, 4) is 0 Å². The zero-order valence-electron chi connectivity index (χ0n) is 15.4. The molecule has 2 atom stereocenters. The van der Waals surface area contributed by atoms with Gasteiger partial charge >= 0.3 is 5.97 Å². The molecular weight excluding hydrogens is 360 g/mol. The minimum atomic E-state index is -0.519. The molecule has 5 nitrogen and oxygen atoms in total. The molecular formula is C21H22N2O3S. The maximum absolute atomic E-state index is 12.2. The van der Waals surface area contributed by atoms with Gasteiger partial charge in [-0.1, -0.05) is 43.0 Å². The highest BCUT2D eigenvalue weighted by molar-refractivity contribution is 8.15. The number of fused-ring (bicyclic) bond motifs is 3. The number of nitrogens with zero attached hydrogens (tertiary/aromatic N) is 1. The van der Waals surface area contributed by atoms with E-state index in [4.69, 9.17) is 4.74 Å². The van der Waals surface area contributed by atoms with Crippen molar-refractivity contribution in [2.75, 3.05) is 17.7 Å². The summed E-state index contributed by atoms with van der Waals surface area (Å²) >= 11 is 1.36. The van der Waals surface area contributed by atoms with E-state index in [2.05, 4.69) is 47.6 Å². The van der Waals surface area contributed by atoms with Gasteiger partial charge < -0.3 is 15.2 Å². The van der Waals surface area contributed by atoms with Gasteiger partial charge in [0.25, 0.3) is 0 Å². The van der Waals surface area contributed by atoms with Crippen LogP contribution in [0.1, 0.15) is 31.7 Å². The van der Waals surface area contributed by atoms with E-state index in [0.717, 1.165) is 17.8 Å². The second-order valence-corrected chi connectivity index (χ2v) is 7.72. The number of hydrogen-bond acceptors (Lipinski definition) is 6. The maximum atomic E-state index is 12.2. The molecule has 140 valence electrons. The van der Waals surface area contributed by atoms with E-state index in [0.29, 0.717) is 10.8 Å². The van der Waals surface area contributed by atoms with Crippen molar-refractivity contribution in [3.63, 3.8) is 0 Å². The van der Waals surface area contributed by atoms with Gasteiger partial charge in [-0.3, -0.25) is 0 Å². The second-order valence-electron chi connectivity index (χ2n) is 6.76. The van der Waals surface area contributed by atoms with Crippen molar-refractivity contribution < 1.29 is 14.6 Å². The lowest BCUT2D eigenvalue weighted by molar-refractivity contribution is -0.138. The number of nitrogens with one attached hydrogen (secondary N) is 1. The molecule has 0 radical (unpaired) electrons. The van der Waals surface area contributed by atoms with Gasteiger partial charge in [-0.05, 0) is 37.1 Å². The van der Waals surface area contributed by atoms with Gasteiger partial charge in [0.05, 0.1) is 23.6 Å². The largest absolute Gasteiger partial charge is 0.510 e. The van der Waals surface area contributed by atoms with Gasteiger partial charge in [-0.2, -0.15) is 0 Å². The number of allylic oxidation sites excluding steroid dienone is 1. The molecule has 4 rings (SSSR count). The topological polar surface area (TPSA) is 70.9 Å². The number of anilines is 1. The monoisotopic (exact) mass is 382 g/mol. The van der Waals surface area contributed by atoms with Crippen molar-refractivity contribution in [2.45, 2.75) is 31.7 Å². The zero-order valence-corrected chi connectivity index (χ0v) is 16.2. The van der Waals surface area contributed by atoms with E-state index >= 15 is 0 Å². The van der Waals surface area contributed by atoms with Crippen LogP contribution in [0, 0.1) is 0 Å². The minimum Gasteiger partial charge on any atom is -0.510 e. The number of aliphatic hydroxyl groups excluding tert-OH is 1. The van der Waals surface area contributed by atoms with E-state index in [9.17, 15) is 9.90 Å². The van der Waals surface area contributed by atoms with Crippen LogP contribution in [0.2, 0.25) is 0 Å². The van der Waals surface area contributed by atoms with Crippen LogP contribution in [0.3, 0.4) is 0 Å². The number of esters is 1. The predicted octanol–water partition coefficient (Wildman–Crippen LogP) is 4.32. The molecule has 1 aliphatic carbocycles. The SMILES string of the molecule is CCOC(=O)C1=C(O)CSC1=NC1=CC2c3ccccc3NC2(CC)C=C1. The number of rotatable bonds is 4. The highest BCUT2D eigenvalue weighted by Crippen LogP contribution is 2.48. The summed E-state index contributed by atoms with van der Waals surface area (Å²) in [6.07, 6.45) is 7.26. The van der Waals surface area contributed by atoms with Crippen LogP contribution in [-0.4, -0.2) is 34.0 Å². The predicted molar refractivity (Wildman–Crippen MR) is 109 cm³/mol. The smallest absolute Gasteiger partial charge is 0.344 e. The average Bonchev–Trinajstić information content (AvgIpc) is 3.20. The highest BCUT2D eigenvalue weighted by Gasteiger charge is 2.43. The molecule has 2 N–H and O–H groups in total. The summed E-state index contributed by atoms with van der Waals surface area (Å²) in [5.74, 6) is 0.0397. The summed E-state index contributed by atoms with van der Waals surface area (Å²) in [6, 6.07) is 8.33. The summed E-state index contributed by atoms with van der Waals surface area (Å²) in [5.41, 5.74) is 3.25. The number of benzene rings is 1. The van der Waals surface area contributed by atoms with Crippen LogP contribution < -0.4 is 5.32 Å². The molecule has 0 spiro atoms. The molecule has 0 saturated carbocycles. The molecule has 2 heterocycles. The fourth-order valence-electron chi connectivity index (χ4n) is 3.85. The number of para-hydroxylation sites is 1. The highest BCUT2D eigenvalue weighted by atomic mass is 32.2. The third kappa shape index (κ3) is 2.98. The van der Waals surface area contributed by atoms with Crippen LogP contribution in [0.4, 0.5) is 5.69 Å². The second kappa shape index (κ2) is 6.93. The molecule has 2 unspecified atom stereocenters. The molecule has 1 aromatic rings. The molecule has 3 aliphatic rings. The first kappa shape index (κ1) is 17.9. The van der Waals surface area contributed by atoms with Crippen LogP contribution in [0.25, 0.3) is 0 Å². The first-order chi connectivity index (χ1) is 13.1. The lowest BCUT2D eigenvalue weighted by atomic mass is 9.77. The Hall–Kier alpha value is -2.47. The van der Waals surface area contributed by atoms with Crippen LogP contribution >= 0.6 is 11.8 Å². The van der Waals surface area contributed by atoms with E-state index in [1.165, 1.54) is 17.3 Å². The van der Waals surface area contributed by atoms with Crippen LogP contribution in [0.5, 0.6) is 0 Å². The number of carbonyl (C=O) groups excluding carboxylic acids is 1. The molecule has 1 aromatic carbocycles. The van der Waals surface area contributed by atoms with Crippen molar-refractivity contribution in [3.05, 3.63) is 65.1 Å². The molecule has 0 fully saturated rings. The van der Waals surface area contributed by atoms with E-state index in [1.54, 1.807) is 6.92 Å². The van der Waals surface area contributed by atoms with E-state index in [1.807, 2.05) is 12.1 Å². The fraction of sp³-hybridized carbons (Fsp3) is 0.333. The number of carbonyl (C=O) groups is 1. The lowest BCUT2D eigenvalue weighted by Gasteiger charge is -2.33. The van der Waals surface area contributed by atoms with Gasteiger partial charge in [-0.15, -0.1) is 0 Å². The zero-order chi connectivity index (χ0) is 19.0. The first-order valence-corrected chi connectivity index (χ1v) is 10.2. The summed E-state index contributed by atoms with van der Waals surface area (Å²) in [5, 5.41) is 14.2. The Morgan fingerprint density at radius 3 is 3.00 bits per heavy atom. The molecule has 0 aromatic heterocycles. The minimum absolute atomic E-state index is 0.0355. The summed E-state index contributed by atoms with van der Waals surface area (Å²) in [4.78, 5) is 16.8. The third-order valence-corrected chi connectivity index (χ3v) is 6.24. The Kier molecular flexibility index (Phi) is 4.60. The fourth-order valence-corrected chi connectivity index (χ4v) is 4.78. The standard InChI is InChI=1S/C21H22N2O3S/c1-3-21-10-9-13(11-15(21)14-7-5-6-8-16(14)23-21)22-19-18(17(24)12-27-19)20(25)26-4-2/h5-11,15,23-24H,3-4,12H2,1-2H3. The Morgan fingerprint density at radius 2 is 2.22 bits per heavy atom. The molecule has 2 aliphatic heterocycles. The Morgan fingerprint density at radius 1 is 1.41 bits per heavy atom. The van der Waals surface area contributed by atoms with Gasteiger partial charge in [0, 0.05) is 11.6 Å². The van der Waals surface area contributed by atoms with Gasteiger partial charge in [0.2, 0.25) is 0 Å². The number of ether oxygens (including phenoxy) is 1. The summed E-state index contributed by atoms with van der Waals surface area (Å²) in [6.45, 7) is 4.18. The number of aliphatic hydroxyl groups is 1. The Labute approximate surface area is 162 Å². The lowest BCUT2D eigenvalue weighted by Crippen LogP contribution is -2.37. The third-order valence-electron chi connectivity index (χ3n) is 5.25. The van der Waals surface area contributed by atoms with Crippen molar-refractivity contribution >= 4 is 28.5 Å². The van der Waals surface area contributed by atoms with Crippen molar-refractivity contribution in [1.29, 1.82) is 0 Å². The van der Waals surface area contributed by atoms with Gasteiger partial charge in [0.15, 0.2) is 0 Å². The molecule has 0 amide bonds. The van der Waals surface area contributed by atoms with Crippen molar-refractivity contribution in [1.82, 2.24) is 0 Å². The average molecular weight is 382 g/mol. The molecule has 0 bridgehead atoms. The van der Waals surface area contributed by atoms with Crippen LogP contribution in [-0.2, 0) is 9.53 Å². The summed E-state index contributed by atoms with van der Waals surface area (Å²) in [7, 11) is 0. The van der Waals surface area contributed by atoms with Crippen molar-refractivity contribution in [2.24, 2.45) is 4.99 Å². The molecule has 6 heteroatoms. The quantitative estimate of drug-likeness (QED) is 0.759. The van der Waals surface area contributed by atoms with Gasteiger partial charge in [-0.25, -0.2) is 9.79 Å². The van der Waals surface area contributed by atoms with E-state index in [-0.39, 0.29) is 29.4 Å². The first-order valence-electron chi connectivity index (χ1n) is 9.17. The maximum Gasteiger partial charge on any atom is 0.344 e. The Bertz CT molecular complexity index is 916. The van der Waals surface area contributed by atoms with E-state index < -0.39 is 5.97 Å². The van der Waals surface area contributed by atoms with Crippen LogP contribution in [0.15, 0.2) is 64.5 Å². The summed E-state index contributed by atoms with van der Waals surface area (Å²) < 4.78 is 5.07. The number of hydrogen-bond donors (Lipinski definition) is 2. The number of thioether (sulfide) groups is 1. The number of aliphatic imine (C=N–C) groups is 1. The molecule has 0 saturated heterocycles. The molecule has 27 heavy (non-hydrogen) atoms. The van der Waals surface area contributed by atoms with Gasteiger partial charge in [0.1, 0.15) is 16.4 Å².